The Morgan fingerprint density at radius 3 is 2.82 bits per heavy atom. The van der Waals surface area contributed by atoms with E-state index in [4.69, 9.17) is 5.11 Å². The lowest BCUT2D eigenvalue weighted by molar-refractivity contribution is 0.173. The van der Waals surface area contributed by atoms with Crippen molar-refractivity contribution in [1.29, 1.82) is 0 Å². The van der Waals surface area contributed by atoms with Crippen LogP contribution in [0.25, 0.3) is 0 Å². The molecule has 1 fully saturated rings. The lowest BCUT2D eigenvalue weighted by Crippen LogP contribution is -2.41. The minimum atomic E-state index is 0.264. The lowest BCUT2D eigenvalue weighted by Gasteiger charge is -2.26. The highest BCUT2D eigenvalue weighted by molar-refractivity contribution is 4.86. The van der Waals surface area contributed by atoms with Gasteiger partial charge in [0.1, 0.15) is 0 Å². The highest BCUT2D eigenvalue weighted by Crippen LogP contribution is 2.11. The number of likely N-dealkylation sites (N-methyl/N-ethyl adjacent to an activating group) is 1. The van der Waals surface area contributed by atoms with Gasteiger partial charge in [0.2, 0.25) is 0 Å². The SMILES string of the molecule is C[C@@H]1NCC[C@@H]1N(C)CCO. The molecule has 0 aromatic rings. The van der Waals surface area contributed by atoms with Gasteiger partial charge in [-0.1, -0.05) is 0 Å². The molecule has 66 valence electrons. The quantitative estimate of drug-likeness (QED) is 0.590. The van der Waals surface area contributed by atoms with E-state index in [2.05, 4.69) is 24.2 Å². The maximum Gasteiger partial charge on any atom is 0.0558 e. The number of nitrogens with zero attached hydrogens (tertiary/aromatic N) is 1. The summed E-state index contributed by atoms with van der Waals surface area (Å²) in [6.07, 6.45) is 1.21. The number of rotatable bonds is 3. The first-order chi connectivity index (χ1) is 5.25. The monoisotopic (exact) mass is 158 g/mol. The maximum atomic E-state index is 8.72. The van der Waals surface area contributed by atoms with E-state index in [0.717, 1.165) is 13.1 Å². The second-order valence-corrected chi connectivity index (χ2v) is 3.30. The van der Waals surface area contributed by atoms with Crippen LogP contribution >= 0.6 is 0 Å². The van der Waals surface area contributed by atoms with Crippen LogP contribution in [-0.4, -0.2) is 48.8 Å². The molecule has 0 spiro atoms. The normalized spacial score (nSPS) is 31.6. The molecule has 1 aliphatic rings. The van der Waals surface area contributed by atoms with E-state index in [1.807, 2.05) is 0 Å². The maximum absolute atomic E-state index is 8.72. The highest BCUT2D eigenvalue weighted by Gasteiger charge is 2.25. The zero-order valence-corrected chi connectivity index (χ0v) is 7.38. The van der Waals surface area contributed by atoms with Crippen LogP contribution in [0.5, 0.6) is 0 Å². The second kappa shape index (κ2) is 4.04. The van der Waals surface area contributed by atoms with Gasteiger partial charge in [-0.05, 0) is 26.9 Å². The Hall–Kier alpha value is -0.120. The molecule has 0 aliphatic carbocycles. The van der Waals surface area contributed by atoms with Crippen molar-refractivity contribution in [3.8, 4) is 0 Å². The molecule has 1 rings (SSSR count). The van der Waals surface area contributed by atoms with E-state index >= 15 is 0 Å². The molecule has 1 aliphatic heterocycles. The summed E-state index contributed by atoms with van der Waals surface area (Å²) in [5.74, 6) is 0. The molecule has 0 saturated carbocycles. The second-order valence-electron chi connectivity index (χ2n) is 3.30. The average Bonchev–Trinajstić information content (AvgIpc) is 2.36. The fourth-order valence-corrected chi connectivity index (χ4v) is 1.77. The summed E-state index contributed by atoms with van der Waals surface area (Å²) in [5.41, 5.74) is 0. The third kappa shape index (κ3) is 2.15. The fraction of sp³-hybridized carbons (Fsp3) is 1.00. The van der Waals surface area contributed by atoms with Gasteiger partial charge in [0.15, 0.2) is 0 Å². The molecule has 0 amide bonds. The lowest BCUT2D eigenvalue weighted by atomic mass is 10.1. The van der Waals surface area contributed by atoms with Crippen molar-refractivity contribution in [3.05, 3.63) is 0 Å². The van der Waals surface area contributed by atoms with Crippen LogP contribution in [0.1, 0.15) is 13.3 Å². The summed E-state index contributed by atoms with van der Waals surface area (Å²) in [5, 5.41) is 12.1. The van der Waals surface area contributed by atoms with Gasteiger partial charge in [0, 0.05) is 18.6 Å². The average molecular weight is 158 g/mol. The van der Waals surface area contributed by atoms with E-state index in [0.29, 0.717) is 12.1 Å². The van der Waals surface area contributed by atoms with E-state index in [1.54, 1.807) is 0 Å². The largest absolute Gasteiger partial charge is 0.395 e. The molecule has 2 N–H and O–H groups in total. The summed E-state index contributed by atoms with van der Waals surface area (Å²) in [6.45, 7) is 4.36. The van der Waals surface area contributed by atoms with Crippen LogP contribution in [0.2, 0.25) is 0 Å². The third-order valence-electron chi connectivity index (χ3n) is 2.50. The van der Waals surface area contributed by atoms with Crippen LogP contribution < -0.4 is 5.32 Å². The van der Waals surface area contributed by atoms with Gasteiger partial charge in [-0.3, -0.25) is 4.90 Å². The van der Waals surface area contributed by atoms with Crippen LogP contribution in [-0.2, 0) is 0 Å². The Labute approximate surface area is 68.4 Å². The molecule has 2 atom stereocenters. The number of aliphatic hydroxyl groups excluding tert-OH is 1. The highest BCUT2D eigenvalue weighted by atomic mass is 16.3. The molecule has 3 nitrogen and oxygen atoms in total. The first kappa shape index (κ1) is 8.97. The zero-order chi connectivity index (χ0) is 8.27. The molecule has 0 aromatic carbocycles. The van der Waals surface area contributed by atoms with Crippen molar-refractivity contribution in [2.45, 2.75) is 25.4 Å². The van der Waals surface area contributed by atoms with Crippen molar-refractivity contribution in [1.82, 2.24) is 10.2 Å². The Kier molecular flexibility index (Phi) is 3.30. The van der Waals surface area contributed by atoms with Gasteiger partial charge in [0.25, 0.3) is 0 Å². The van der Waals surface area contributed by atoms with E-state index in [9.17, 15) is 0 Å². The summed E-state index contributed by atoms with van der Waals surface area (Å²) in [6, 6.07) is 1.19. The smallest absolute Gasteiger partial charge is 0.0558 e. The van der Waals surface area contributed by atoms with E-state index in [-0.39, 0.29) is 6.61 Å². The molecular weight excluding hydrogens is 140 g/mol. The number of hydrogen-bond donors (Lipinski definition) is 2. The first-order valence-electron chi connectivity index (χ1n) is 4.30. The fourth-order valence-electron chi connectivity index (χ4n) is 1.77. The Bertz CT molecular complexity index is 119. The van der Waals surface area contributed by atoms with Crippen LogP contribution in [0.3, 0.4) is 0 Å². The van der Waals surface area contributed by atoms with Gasteiger partial charge in [-0.2, -0.15) is 0 Å². The van der Waals surface area contributed by atoms with Gasteiger partial charge >= 0.3 is 0 Å². The minimum Gasteiger partial charge on any atom is -0.395 e. The number of nitrogens with one attached hydrogen (secondary N) is 1. The van der Waals surface area contributed by atoms with Crippen molar-refractivity contribution < 1.29 is 5.11 Å². The predicted octanol–water partition coefficient (Wildman–Crippen LogP) is -0.339. The summed E-state index contributed by atoms with van der Waals surface area (Å²) < 4.78 is 0. The third-order valence-corrected chi connectivity index (χ3v) is 2.50. The Morgan fingerprint density at radius 1 is 1.64 bits per heavy atom. The van der Waals surface area contributed by atoms with Crippen molar-refractivity contribution in [3.63, 3.8) is 0 Å². The zero-order valence-electron chi connectivity index (χ0n) is 7.38. The summed E-state index contributed by atoms with van der Waals surface area (Å²) >= 11 is 0. The van der Waals surface area contributed by atoms with Crippen LogP contribution in [0.4, 0.5) is 0 Å². The standard InChI is InChI=1S/C8H18N2O/c1-7-8(3-4-9-7)10(2)5-6-11/h7-9,11H,3-6H2,1-2H3/t7-,8-/m0/s1. The Balaban J connectivity index is 2.33. The van der Waals surface area contributed by atoms with Crippen molar-refractivity contribution >= 4 is 0 Å². The molecule has 0 radical (unpaired) electrons. The molecule has 0 unspecified atom stereocenters. The van der Waals surface area contributed by atoms with Gasteiger partial charge in [-0.15, -0.1) is 0 Å². The molecule has 1 heterocycles. The van der Waals surface area contributed by atoms with E-state index in [1.165, 1.54) is 6.42 Å². The summed E-state index contributed by atoms with van der Waals surface area (Å²) in [4.78, 5) is 2.23. The number of aliphatic hydroxyl groups is 1. The summed E-state index contributed by atoms with van der Waals surface area (Å²) in [7, 11) is 2.07. The molecule has 3 heteroatoms. The van der Waals surface area contributed by atoms with Crippen LogP contribution in [0, 0.1) is 0 Å². The Morgan fingerprint density at radius 2 is 2.36 bits per heavy atom. The van der Waals surface area contributed by atoms with Crippen molar-refractivity contribution in [2.24, 2.45) is 0 Å². The molecular formula is C8H18N2O. The van der Waals surface area contributed by atoms with Gasteiger partial charge < -0.3 is 10.4 Å². The van der Waals surface area contributed by atoms with Gasteiger partial charge in [0.05, 0.1) is 6.61 Å². The molecule has 1 saturated heterocycles. The van der Waals surface area contributed by atoms with Crippen LogP contribution in [0.15, 0.2) is 0 Å². The predicted molar refractivity (Wildman–Crippen MR) is 45.6 cm³/mol. The minimum absolute atomic E-state index is 0.264. The molecule has 0 aromatic heterocycles. The van der Waals surface area contributed by atoms with Gasteiger partial charge in [-0.25, -0.2) is 0 Å². The number of hydrogen-bond acceptors (Lipinski definition) is 3. The van der Waals surface area contributed by atoms with E-state index < -0.39 is 0 Å². The van der Waals surface area contributed by atoms with Crippen molar-refractivity contribution in [2.75, 3.05) is 26.7 Å². The topological polar surface area (TPSA) is 35.5 Å². The molecule has 0 bridgehead atoms. The first-order valence-corrected chi connectivity index (χ1v) is 4.30. The molecule has 11 heavy (non-hydrogen) atoms.